The van der Waals surface area contributed by atoms with Crippen molar-refractivity contribution in [2.24, 2.45) is 0 Å². The topological polar surface area (TPSA) is 86.7 Å². The summed E-state index contributed by atoms with van der Waals surface area (Å²) in [5.74, 6) is 1.29. The normalized spacial score (nSPS) is 15.0. The smallest absolute Gasteiger partial charge is 0.294 e. The maximum atomic E-state index is 12.2. The van der Waals surface area contributed by atoms with Crippen LogP contribution in [0.15, 0.2) is 53.4 Å². The molecule has 1 fully saturated rings. The van der Waals surface area contributed by atoms with E-state index in [-0.39, 0.29) is 24.0 Å². The van der Waals surface area contributed by atoms with Gasteiger partial charge < -0.3 is 14.6 Å². The first-order valence-corrected chi connectivity index (χ1v) is 9.01. The van der Waals surface area contributed by atoms with Crippen molar-refractivity contribution in [3.8, 4) is 18.1 Å². The summed E-state index contributed by atoms with van der Waals surface area (Å²) in [6.45, 7) is 0.233. The second-order valence-corrected chi connectivity index (χ2v) is 6.81. The van der Waals surface area contributed by atoms with E-state index in [4.69, 9.17) is 11.2 Å². The van der Waals surface area contributed by atoms with Crippen LogP contribution in [0.4, 0.5) is 4.79 Å². The summed E-state index contributed by atoms with van der Waals surface area (Å²) in [4.78, 5) is 36.0. The van der Waals surface area contributed by atoms with Crippen LogP contribution >= 0.6 is 11.8 Å². The SMILES string of the molecule is C#CCN1C(=O)S/C(=C\c2ccc(OCc3ccc(C(=O)[O-])cc3)cc2)C1=O. The molecule has 140 valence electrons. The average molecular weight is 392 g/mol. The van der Waals surface area contributed by atoms with Gasteiger partial charge in [0.25, 0.3) is 11.1 Å². The third-order valence-corrected chi connectivity index (χ3v) is 4.80. The molecular weight excluding hydrogens is 378 g/mol. The molecule has 3 rings (SSSR count). The number of amides is 2. The van der Waals surface area contributed by atoms with Crippen molar-refractivity contribution in [3.05, 3.63) is 70.1 Å². The molecule has 0 spiro atoms. The van der Waals surface area contributed by atoms with E-state index < -0.39 is 11.9 Å². The lowest BCUT2D eigenvalue weighted by atomic mass is 10.1. The summed E-state index contributed by atoms with van der Waals surface area (Å²) < 4.78 is 5.66. The highest BCUT2D eigenvalue weighted by atomic mass is 32.2. The standard InChI is InChI=1S/C21H15NO5S/c1-2-11-22-19(23)18(28-21(22)26)12-14-5-9-17(10-6-14)27-13-15-3-7-16(8-4-15)20(24)25/h1,3-10,12H,11,13H2,(H,24,25)/p-1/b18-12-. The van der Waals surface area contributed by atoms with Crippen LogP contribution in [0.5, 0.6) is 5.75 Å². The molecule has 1 aliphatic rings. The minimum Gasteiger partial charge on any atom is -0.545 e. The Balaban J connectivity index is 1.62. The molecule has 0 saturated carbocycles. The third kappa shape index (κ3) is 4.42. The fraction of sp³-hybridized carbons (Fsp3) is 0.0952. The van der Waals surface area contributed by atoms with Gasteiger partial charge in [-0.1, -0.05) is 42.3 Å². The molecule has 1 heterocycles. The number of carboxylic acid groups (broad SMARTS) is 1. The van der Waals surface area contributed by atoms with Crippen molar-refractivity contribution < 1.29 is 24.2 Å². The molecule has 0 radical (unpaired) electrons. The van der Waals surface area contributed by atoms with Crippen LogP contribution in [0, 0.1) is 12.3 Å². The van der Waals surface area contributed by atoms with Crippen molar-refractivity contribution in [1.82, 2.24) is 4.90 Å². The summed E-state index contributed by atoms with van der Waals surface area (Å²) in [5.41, 5.74) is 1.67. The van der Waals surface area contributed by atoms with Crippen LogP contribution in [0.1, 0.15) is 21.5 Å². The molecule has 2 aromatic carbocycles. The number of benzene rings is 2. The Morgan fingerprint density at radius 3 is 2.43 bits per heavy atom. The van der Waals surface area contributed by atoms with Crippen LogP contribution < -0.4 is 9.84 Å². The predicted octanol–water partition coefficient (Wildman–Crippen LogP) is 2.30. The Bertz CT molecular complexity index is 987. The summed E-state index contributed by atoms with van der Waals surface area (Å²) in [5, 5.41) is 10.4. The van der Waals surface area contributed by atoms with Crippen molar-refractivity contribution in [3.63, 3.8) is 0 Å². The van der Waals surface area contributed by atoms with Crippen molar-refractivity contribution in [1.29, 1.82) is 0 Å². The van der Waals surface area contributed by atoms with E-state index in [0.29, 0.717) is 10.7 Å². The van der Waals surface area contributed by atoms with Crippen molar-refractivity contribution in [2.45, 2.75) is 6.61 Å². The van der Waals surface area contributed by atoms with E-state index in [2.05, 4.69) is 5.92 Å². The zero-order valence-electron chi connectivity index (χ0n) is 14.6. The van der Waals surface area contributed by atoms with Crippen molar-refractivity contribution >= 4 is 35.0 Å². The minimum absolute atomic E-state index is 0.0429. The number of carboxylic acids is 1. The van der Waals surface area contributed by atoms with Crippen molar-refractivity contribution in [2.75, 3.05) is 6.54 Å². The van der Waals surface area contributed by atoms with E-state index in [9.17, 15) is 19.5 Å². The number of aromatic carboxylic acids is 1. The maximum Gasteiger partial charge on any atom is 0.294 e. The molecule has 1 saturated heterocycles. The monoisotopic (exact) mass is 392 g/mol. The highest BCUT2D eigenvalue weighted by Crippen LogP contribution is 2.32. The summed E-state index contributed by atoms with van der Waals surface area (Å²) in [7, 11) is 0. The van der Waals surface area contributed by atoms with Crippen LogP contribution in [0.25, 0.3) is 6.08 Å². The number of carbonyl (C=O) groups is 3. The zero-order chi connectivity index (χ0) is 20.1. The number of terminal acetylenes is 1. The number of rotatable bonds is 6. The molecule has 0 aliphatic carbocycles. The molecular formula is C21H14NO5S-. The summed E-state index contributed by atoms with van der Waals surface area (Å²) in [6, 6.07) is 13.3. The Labute approximate surface area is 165 Å². The lowest BCUT2D eigenvalue weighted by Crippen LogP contribution is -2.28. The van der Waals surface area contributed by atoms with Crippen LogP contribution in [0.2, 0.25) is 0 Å². The first-order valence-electron chi connectivity index (χ1n) is 8.20. The highest BCUT2D eigenvalue weighted by molar-refractivity contribution is 8.18. The van der Waals surface area contributed by atoms with Gasteiger partial charge in [0.1, 0.15) is 12.4 Å². The van der Waals surface area contributed by atoms with Gasteiger partial charge in [-0.15, -0.1) is 6.42 Å². The minimum atomic E-state index is -1.22. The number of ether oxygens (including phenoxy) is 1. The molecule has 0 N–H and O–H groups in total. The van der Waals surface area contributed by atoms with Gasteiger partial charge in [-0.05, 0) is 46.7 Å². The Morgan fingerprint density at radius 2 is 1.82 bits per heavy atom. The molecule has 0 bridgehead atoms. The second-order valence-electron chi connectivity index (χ2n) is 5.81. The van der Waals surface area contributed by atoms with E-state index in [0.717, 1.165) is 27.8 Å². The quantitative estimate of drug-likeness (QED) is 0.554. The van der Waals surface area contributed by atoms with Gasteiger partial charge in [-0.25, -0.2) is 0 Å². The summed E-state index contributed by atoms with van der Waals surface area (Å²) in [6.07, 6.45) is 6.80. The average Bonchev–Trinajstić information content (AvgIpc) is 2.95. The Morgan fingerprint density at radius 1 is 1.14 bits per heavy atom. The molecule has 1 aliphatic heterocycles. The molecule has 2 aromatic rings. The molecule has 7 heteroatoms. The molecule has 0 atom stereocenters. The van der Waals surface area contributed by atoms with Gasteiger partial charge in [0.15, 0.2) is 0 Å². The highest BCUT2D eigenvalue weighted by Gasteiger charge is 2.34. The van der Waals surface area contributed by atoms with Gasteiger partial charge >= 0.3 is 0 Å². The van der Waals surface area contributed by atoms with Gasteiger partial charge in [0.05, 0.1) is 17.4 Å². The predicted molar refractivity (Wildman–Crippen MR) is 103 cm³/mol. The molecule has 0 aromatic heterocycles. The first-order chi connectivity index (χ1) is 13.5. The lowest BCUT2D eigenvalue weighted by molar-refractivity contribution is -0.255. The van der Waals surface area contributed by atoms with E-state index in [1.165, 1.54) is 12.1 Å². The summed E-state index contributed by atoms with van der Waals surface area (Å²) >= 11 is 0.857. The van der Waals surface area contributed by atoms with Gasteiger partial charge in [0, 0.05) is 0 Å². The number of hydrogen-bond donors (Lipinski definition) is 0. The Kier molecular flexibility index (Phi) is 5.82. The maximum absolute atomic E-state index is 12.2. The number of thioether (sulfide) groups is 1. The molecule has 0 unspecified atom stereocenters. The molecule has 2 amide bonds. The zero-order valence-corrected chi connectivity index (χ0v) is 15.4. The Hall–Kier alpha value is -3.50. The number of nitrogens with zero attached hydrogens (tertiary/aromatic N) is 1. The number of carbonyl (C=O) groups excluding carboxylic acids is 3. The van der Waals surface area contributed by atoms with E-state index in [1.807, 2.05) is 0 Å². The molecule has 28 heavy (non-hydrogen) atoms. The van der Waals surface area contributed by atoms with Crippen LogP contribution in [0.3, 0.4) is 0 Å². The van der Waals surface area contributed by atoms with Gasteiger partial charge in [-0.2, -0.15) is 0 Å². The third-order valence-electron chi connectivity index (χ3n) is 3.90. The molecule has 6 nitrogen and oxygen atoms in total. The van der Waals surface area contributed by atoms with Crippen LogP contribution in [-0.2, 0) is 11.4 Å². The largest absolute Gasteiger partial charge is 0.545 e. The van der Waals surface area contributed by atoms with Crippen LogP contribution in [-0.4, -0.2) is 28.6 Å². The fourth-order valence-corrected chi connectivity index (χ4v) is 3.28. The number of imide groups is 1. The fourth-order valence-electron chi connectivity index (χ4n) is 2.44. The first kappa shape index (κ1) is 19.3. The lowest BCUT2D eigenvalue weighted by Gasteiger charge is -2.08. The second kappa shape index (κ2) is 8.46. The van der Waals surface area contributed by atoms with Gasteiger partial charge in [-0.3, -0.25) is 14.5 Å². The van der Waals surface area contributed by atoms with E-state index in [1.54, 1.807) is 42.5 Å². The van der Waals surface area contributed by atoms with E-state index >= 15 is 0 Å². The van der Waals surface area contributed by atoms with Gasteiger partial charge in [0.2, 0.25) is 0 Å². The number of hydrogen-bond acceptors (Lipinski definition) is 6.